The van der Waals surface area contributed by atoms with Gasteiger partial charge in [-0.25, -0.2) is 0 Å². The average Bonchev–Trinajstić information content (AvgIpc) is 2.39. The third-order valence-corrected chi connectivity index (χ3v) is 3.94. The number of phenolic OH excluding ortho intramolecular Hbond substituents is 3. The van der Waals surface area contributed by atoms with Crippen molar-refractivity contribution in [1.82, 2.24) is 0 Å². The highest BCUT2D eigenvalue weighted by Crippen LogP contribution is 2.42. The molecular weight excluding hydrogens is 296 g/mol. The zero-order valence-electron chi connectivity index (χ0n) is 10.8. The van der Waals surface area contributed by atoms with Gasteiger partial charge in [0, 0.05) is 11.6 Å². The molecule has 1 aliphatic rings. The minimum absolute atomic E-state index is 0.0645. The van der Waals surface area contributed by atoms with E-state index in [4.69, 9.17) is 11.6 Å². The number of carbonyl (C=O) groups is 2. The van der Waals surface area contributed by atoms with Crippen LogP contribution >= 0.6 is 11.6 Å². The summed E-state index contributed by atoms with van der Waals surface area (Å²) in [6.07, 6.45) is 0. The number of phenols is 3. The van der Waals surface area contributed by atoms with Gasteiger partial charge >= 0.3 is 0 Å². The van der Waals surface area contributed by atoms with Crippen LogP contribution in [0, 0.1) is 6.92 Å². The lowest BCUT2D eigenvalue weighted by Gasteiger charge is -2.21. The number of aromatic hydroxyl groups is 3. The van der Waals surface area contributed by atoms with Crippen molar-refractivity contribution < 1.29 is 24.9 Å². The van der Waals surface area contributed by atoms with Gasteiger partial charge in [-0.15, -0.1) is 0 Å². The van der Waals surface area contributed by atoms with E-state index in [0.717, 1.165) is 12.1 Å². The number of benzene rings is 2. The molecule has 0 unspecified atom stereocenters. The number of aryl methyl sites for hydroxylation is 1. The van der Waals surface area contributed by atoms with Crippen molar-refractivity contribution in [2.24, 2.45) is 0 Å². The maximum absolute atomic E-state index is 12.5. The summed E-state index contributed by atoms with van der Waals surface area (Å²) in [5.41, 5.74) is -0.292. The summed E-state index contributed by atoms with van der Waals surface area (Å²) in [5, 5.41) is 29.3. The Morgan fingerprint density at radius 2 is 1.48 bits per heavy atom. The third kappa shape index (κ3) is 1.71. The van der Waals surface area contributed by atoms with Gasteiger partial charge in [-0.1, -0.05) is 11.6 Å². The molecule has 0 saturated carbocycles. The molecule has 2 aromatic carbocycles. The standard InChI is InChI=1S/C15H9ClO5/c1-5-2-8(18)11-12(13(5)16)14(20)7-3-6(17)4-9(19)10(7)15(11)21/h2-4,17-19H,1H3. The van der Waals surface area contributed by atoms with Crippen LogP contribution in [-0.2, 0) is 0 Å². The quantitative estimate of drug-likeness (QED) is 0.593. The Hall–Kier alpha value is -2.53. The second-order valence-corrected chi connectivity index (χ2v) is 5.20. The molecule has 21 heavy (non-hydrogen) atoms. The zero-order chi connectivity index (χ0) is 15.5. The summed E-state index contributed by atoms with van der Waals surface area (Å²) in [7, 11) is 0. The molecule has 0 spiro atoms. The first-order valence-corrected chi connectivity index (χ1v) is 6.38. The van der Waals surface area contributed by atoms with Crippen LogP contribution in [0.5, 0.6) is 17.2 Å². The van der Waals surface area contributed by atoms with Crippen LogP contribution in [0.1, 0.15) is 37.4 Å². The summed E-state index contributed by atoms with van der Waals surface area (Å²) in [4.78, 5) is 25.0. The number of carbonyl (C=O) groups excluding carboxylic acids is 2. The molecule has 2 aromatic rings. The number of ketones is 2. The summed E-state index contributed by atoms with van der Waals surface area (Å²) in [6, 6.07) is 3.34. The summed E-state index contributed by atoms with van der Waals surface area (Å²) >= 11 is 6.08. The van der Waals surface area contributed by atoms with Crippen molar-refractivity contribution in [2.75, 3.05) is 0 Å². The molecule has 0 bridgehead atoms. The Morgan fingerprint density at radius 1 is 0.857 bits per heavy atom. The zero-order valence-corrected chi connectivity index (χ0v) is 11.5. The lowest BCUT2D eigenvalue weighted by molar-refractivity contribution is 0.0974. The highest BCUT2D eigenvalue weighted by Gasteiger charge is 2.36. The monoisotopic (exact) mass is 304 g/mol. The molecule has 106 valence electrons. The lowest BCUT2D eigenvalue weighted by Crippen LogP contribution is -2.22. The highest BCUT2D eigenvalue weighted by atomic mass is 35.5. The van der Waals surface area contributed by atoms with Crippen molar-refractivity contribution in [1.29, 1.82) is 0 Å². The number of fused-ring (bicyclic) bond motifs is 2. The van der Waals surface area contributed by atoms with E-state index in [-0.39, 0.29) is 38.8 Å². The van der Waals surface area contributed by atoms with Crippen LogP contribution in [0.15, 0.2) is 18.2 Å². The topological polar surface area (TPSA) is 94.8 Å². The van der Waals surface area contributed by atoms with E-state index in [1.807, 2.05) is 0 Å². The van der Waals surface area contributed by atoms with Gasteiger partial charge in [-0.3, -0.25) is 9.59 Å². The molecule has 0 heterocycles. The van der Waals surface area contributed by atoms with E-state index in [9.17, 15) is 24.9 Å². The second-order valence-electron chi connectivity index (χ2n) is 4.82. The van der Waals surface area contributed by atoms with Crippen molar-refractivity contribution in [3.8, 4) is 17.2 Å². The van der Waals surface area contributed by atoms with Crippen molar-refractivity contribution >= 4 is 23.2 Å². The molecule has 0 aromatic heterocycles. The maximum atomic E-state index is 12.5. The van der Waals surface area contributed by atoms with Crippen LogP contribution in [0.4, 0.5) is 0 Å². The van der Waals surface area contributed by atoms with Crippen molar-refractivity contribution in [3.63, 3.8) is 0 Å². The van der Waals surface area contributed by atoms with Gasteiger partial charge in [0.15, 0.2) is 5.78 Å². The predicted octanol–water partition coefficient (Wildman–Crippen LogP) is 2.54. The molecule has 3 rings (SSSR count). The summed E-state index contributed by atoms with van der Waals surface area (Å²) in [6.45, 7) is 1.59. The normalized spacial score (nSPS) is 13.0. The average molecular weight is 305 g/mol. The second kappa shape index (κ2) is 4.23. The van der Waals surface area contributed by atoms with Crippen LogP contribution in [0.3, 0.4) is 0 Å². The molecule has 0 aliphatic heterocycles. The first-order valence-electron chi connectivity index (χ1n) is 6.00. The van der Waals surface area contributed by atoms with Gasteiger partial charge in [0.2, 0.25) is 5.78 Å². The fourth-order valence-corrected chi connectivity index (χ4v) is 2.74. The number of halogens is 1. The van der Waals surface area contributed by atoms with Gasteiger partial charge in [0.05, 0.1) is 21.7 Å². The molecule has 0 amide bonds. The summed E-state index contributed by atoms with van der Waals surface area (Å²) < 4.78 is 0. The highest BCUT2D eigenvalue weighted by molar-refractivity contribution is 6.40. The first-order chi connectivity index (χ1) is 9.82. The molecule has 1 aliphatic carbocycles. The van der Waals surface area contributed by atoms with E-state index < -0.39 is 17.3 Å². The number of hydrogen-bond donors (Lipinski definition) is 3. The van der Waals surface area contributed by atoms with Gasteiger partial charge in [0.25, 0.3) is 0 Å². The van der Waals surface area contributed by atoms with E-state index in [0.29, 0.717) is 5.56 Å². The molecule has 3 N–H and O–H groups in total. The molecule has 0 fully saturated rings. The van der Waals surface area contributed by atoms with E-state index in [1.165, 1.54) is 6.07 Å². The largest absolute Gasteiger partial charge is 0.508 e. The van der Waals surface area contributed by atoms with Gasteiger partial charge < -0.3 is 15.3 Å². The van der Waals surface area contributed by atoms with E-state index in [1.54, 1.807) is 6.92 Å². The van der Waals surface area contributed by atoms with E-state index in [2.05, 4.69) is 0 Å². The van der Waals surface area contributed by atoms with Gasteiger partial charge in [-0.05, 0) is 24.6 Å². The SMILES string of the molecule is Cc1cc(O)c2c(c1Cl)C(=O)c1cc(O)cc(O)c1C2=O. The van der Waals surface area contributed by atoms with Gasteiger partial charge in [0.1, 0.15) is 17.2 Å². The number of hydrogen-bond acceptors (Lipinski definition) is 5. The predicted molar refractivity (Wildman–Crippen MR) is 74.5 cm³/mol. The van der Waals surface area contributed by atoms with Crippen LogP contribution in [-0.4, -0.2) is 26.9 Å². The fraction of sp³-hybridized carbons (Fsp3) is 0.0667. The maximum Gasteiger partial charge on any atom is 0.202 e. The summed E-state index contributed by atoms with van der Waals surface area (Å²) in [5.74, 6) is -2.58. The Labute approximate surface area is 124 Å². The van der Waals surface area contributed by atoms with Crippen molar-refractivity contribution in [2.45, 2.75) is 6.92 Å². The number of rotatable bonds is 0. The Kier molecular flexibility index (Phi) is 2.71. The molecule has 5 nitrogen and oxygen atoms in total. The molecule has 6 heteroatoms. The molecule has 0 radical (unpaired) electrons. The van der Waals surface area contributed by atoms with Gasteiger partial charge in [-0.2, -0.15) is 0 Å². The minimum Gasteiger partial charge on any atom is -0.508 e. The van der Waals surface area contributed by atoms with Crippen molar-refractivity contribution in [3.05, 3.63) is 51.0 Å². The van der Waals surface area contributed by atoms with Crippen LogP contribution in [0.2, 0.25) is 5.02 Å². The first kappa shape index (κ1) is 13.5. The fourth-order valence-electron chi connectivity index (χ4n) is 2.51. The minimum atomic E-state index is -0.712. The Bertz CT molecular complexity index is 839. The molecular formula is C15H9ClO5. The smallest absolute Gasteiger partial charge is 0.202 e. The van der Waals surface area contributed by atoms with E-state index >= 15 is 0 Å². The third-order valence-electron chi connectivity index (χ3n) is 3.45. The van der Waals surface area contributed by atoms with Crippen LogP contribution < -0.4 is 0 Å². The Balaban J connectivity index is 2.44. The molecule has 0 saturated heterocycles. The molecule has 0 atom stereocenters. The Morgan fingerprint density at radius 3 is 2.14 bits per heavy atom. The lowest BCUT2D eigenvalue weighted by atomic mass is 9.82. The van der Waals surface area contributed by atoms with Crippen LogP contribution in [0.25, 0.3) is 0 Å².